The fourth-order valence-corrected chi connectivity index (χ4v) is 5.19. The summed E-state index contributed by atoms with van der Waals surface area (Å²) in [6.45, 7) is 3.51. The number of nitrogens with zero attached hydrogens (tertiary/aromatic N) is 5. The highest BCUT2D eigenvalue weighted by atomic mass is 32.2. The van der Waals surface area contributed by atoms with Gasteiger partial charge in [-0.15, -0.1) is 0 Å². The number of hydrogen-bond acceptors (Lipinski definition) is 7. The van der Waals surface area contributed by atoms with E-state index in [4.69, 9.17) is 0 Å². The van der Waals surface area contributed by atoms with Crippen LogP contribution in [0.2, 0.25) is 0 Å². The van der Waals surface area contributed by atoms with E-state index in [1.807, 2.05) is 6.07 Å². The Kier molecular flexibility index (Phi) is 7.22. The maximum atomic E-state index is 13.9. The summed E-state index contributed by atoms with van der Waals surface area (Å²) in [6.07, 6.45) is 2.56. The molecule has 0 fully saturated rings. The highest BCUT2D eigenvalue weighted by molar-refractivity contribution is 7.92. The third kappa shape index (κ3) is 6.19. The van der Waals surface area contributed by atoms with Gasteiger partial charge in [0, 0.05) is 47.3 Å². The number of anilines is 4. The van der Waals surface area contributed by atoms with Crippen molar-refractivity contribution in [2.45, 2.75) is 20.0 Å². The molecule has 5 aromatic rings. The van der Waals surface area contributed by atoms with Crippen LogP contribution >= 0.6 is 0 Å². The molecule has 3 heterocycles. The molecule has 0 aliphatic carbocycles. The van der Waals surface area contributed by atoms with Crippen LogP contribution in [0, 0.1) is 13.8 Å². The van der Waals surface area contributed by atoms with Gasteiger partial charge < -0.3 is 10.3 Å². The molecule has 13 heteroatoms. The van der Waals surface area contributed by atoms with Gasteiger partial charge in [-0.05, 0) is 67.9 Å². The molecule has 5 rings (SSSR count). The molecule has 0 bridgehead atoms. The summed E-state index contributed by atoms with van der Waals surface area (Å²) >= 11 is 0. The van der Waals surface area contributed by atoms with Gasteiger partial charge in [0.15, 0.2) is 0 Å². The molecular formula is C28H24F3N7O2S. The normalized spacial score (nSPS) is 11.9. The Hall–Kier alpha value is -4.78. The Morgan fingerprint density at radius 1 is 0.902 bits per heavy atom. The van der Waals surface area contributed by atoms with E-state index in [0.29, 0.717) is 17.1 Å². The molecule has 0 spiro atoms. The third-order valence-corrected chi connectivity index (χ3v) is 7.19. The number of pyridine rings is 1. The van der Waals surface area contributed by atoms with Crippen LogP contribution in [-0.2, 0) is 16.2 Å². The highest BCUT2D eigenvalue weighted by Gasteiger charge is 2.33. The van der Waals surface area contributed by atoms with Crippen molar-refractivity contribution in [2.75, 3.05) is 15.9 Å². The molecule has 0 saturated carbocycles. The number of aromatic nitrogens is 5. The number of aromatic amines is 1. The lowest BCUT2D eigenvalue weighted by atomic mass is 10.1. The molecule has 0 aliphatic rings. The van der Waals surface area contributed by atoms with Crippen LogP contribution in [0.4, 0.5) is 36.2 Å². The molecule has 210 valence electrons. The number of sulfonamides is 1. The monoisotopic (exact) mass is 579 g/mol. The van der Waals surface area contributed by atoms with Crippen LogP contribution in [0.5, 0.6) is 0 Å². The van der Waals surface area contributed by atoms with Crippen LogP contribution in [-0.4, -0.2) is 39.6 Å². The Bertz CT molecular complexity index is 1820. The topological polar surface area (TPSA) is 117 Å². The van der Waals surface area contributed by atoms with Gasteiger partial charge in [-0.2, -0.15) is 13.2 Å². The number of alkyl halides is 3. The number of rotatable bonds is 7. The van der Waals surface area contributed by atoms with Crippen molar-refractivity contribution < 1.29 is 21.6 Å². The minimum atomic E-state index is -4.73. The van der Waals surface area contributed by atoms with Gasteiger partial charge in [0.2, 0.25) is 16.0 Å². The Labute approximate surface area is 234 Å². The number of aryl methyl sites for hydroxylation is 2. The Morgan fingerprint density at radius 2 is 1.71 bits per heavy atom. The molecule has 3 aromatic heterocycles. The zero-order chi connectivity index (χ0) is 29.4. The maximum Gasteiger partial charge on any atom is 0.416 e. The zero-order valence-corrected chi connectivity index (χ0v) is 22.9. The fourth-order valence-electron chi connectivity index (χ4n) is 4.21. The van der Waals surface area contributed by atoms with Gasteiger partial charge in [0.1, 0.15) is 5.82 Å². The second-order valence-corrected chi connectivity index (χ2v) is 11.2. The first-order valence-electron chi connectivity index (χ1n) is 12.2. The van der Waals surface area contributed by atoms with Gasteiger partial charge >= 0.3 is 6.18 Å². The highest BCUT2D eigenvalue weighted by Crippen LogP contribution is 2.39. The van der Waals surface area contributed by atoms with Crippen LogP contribution in [0.3, 0.4) is 0 Å². The predicted molar refractivity (Wildman–Crippen MR) is 150 cm³/mol. The SMILES string of the molecule is Cc1cnc(-c2cc(N(c3ccc(C)c(Nc4nccc(-c5cccnc5)n4)c3)S(C)(=O)=O)cc(C(F)(F)F)c2)[nH]1. The molecule has 2 N–H and O–H groups in total. The molecule has 0 amide bonds. The molecule has 0 aliphatic heterocycles. The summed E-state index contributed by atoms with van der Waals surface area (Å²) in [5.74, 6) is 0.423. The van der Waals surface area contributed by atoms with E-state index in [1.165, 1.54) is 24.4 Å². The van der Waals surface area contributed by atoms with E-state index in [9.17, 15) is 21.6 Å². The van der Waals surface area contributed by atoms with Crippen LogP contribution < -0.4 is 9.62 Å². The van der Waals surface area contributed by atoms with Crippen LogP contribution in [0.25, 0.3) is 22.6 Å². The average Bonchev–Trinajstić information content (AvgIpc) is 3.36. The standard InChI is InChI=1S/C28H24F3N7O2S/c1-17-6-7-22(14-25(17)37-27-33-10-8-24(36-27)19-5-4-9-32-16-19)38(41(3,39)40)23-12-20(26-34-15-18(2)35-26)11-21(13-23)28(29,30)31/h4-16H,1-3H3,(H,34,35)(H,33,36,37). The summed E-state index contributed by atoms with van der Waals surface area (Å²) in [4.78, 5) is 19.9. The average molecular weight is 580 g/mol. The van der Waals surface area contributed by atoms with Crippen LogP contribution in [0.15, 0.2) is 79.4 Å². The first kappa shape index (κ1) is 27.8. The van der Waals surface area contributed by atoms with E-state index < -0.39 is 21.8 Å². The van der Waals surface area contributed by atoms with Crippen molar-refractivity contribution in [3.63, 3.8) is 0 Å². The first-order chi connectivity index (χ1) is 19.4. The van der Waals surface area contributed by atoms with Gasteiger partial charge in [0.05, 0.1) is 28.9 Å². The van der Waals surface area contributed by atoms with E-state index in [2.05, 4.69) is 30.2 Å². The molecular weight excluding hydrogens is 555 g/mol. The first-order valence-corrected chi connectivity index (χ1v) is 14.1. The van der Waals surface area contributed by atoms with Crippen molar-refractivity contribution >= 4 is 33.0 Å². The number of H-pyrrole nitrogens is 1. The second-order valence-electron chi connectivity index (χ2n) is 9.34. The van der Waals surface area contributed by atoms with E-state index in [1.54, 1.807) is 50.6 Å². The fraction of sp³-hybridized carbons (Fsp3) is 0.143. The van der Waals surface area contributed by atoms with E-state index >= 15 is 0 Å². The second kappa shape index (κ2) is 10.7. The number of benzene rings is 2. The van der Waals surface area contributed by atoms with Crippen molar-refractivity contribution in [1.82, 2.24) is 24.9 Å². The smallest absolute Gasteiger partial charge is 0.342 e. The Balaban J connectivity index is 1.59. The van der Waals surface area contributed by atoms with Crippen LogP contribution in [0.1, 0.15) is 16.8 Å². The summed E-state index contributed by atoms with van der Waals surface area (Å²) < 4.78 is 68.8. The number of imidazole rings is 1. The van der Waals surface area contributed by atoms with Gasteiger partial charge in [-0.1, -0.05) is 6.07 Å². The predicted octanol–water partition coefficient (Wildman–Crippen LogP) is 6.41. The molecule has 0 unspecified atom stereocenters. The molecule has 41 heavy (non-hydrogen) atoms. The van der Waals surface area contributed by atoms with E-state index in [0.717, 1.165) is 33.8 Å². The molecule has 0 saturated heterocycles. The number of hydrogen-bond donors (Lipinski definition) is 2. The Morgan fingerprint density at radius 3 is 2.37 bits per heavy atom. The molecule has 2 aromatic carbocycles. The minimum absolute atomic E-state index is 0.0858. The summed E-state index contributed by atoms with van der Waals surface area (Å²) in [5.41, 5.74) is 2.22. The molecule has 9 nitrogen and oxygen atoms in total. The largest absolute Gasteiger partial charge is 0.416 e. The molecule has 0 atom stereocenters. The summed E-state index contributed by atoms with van der Waals surface area (Å²) in [5, 5.41) is 3.10. The van der Waals surface area contributed by atoms with Crippen molar-refractivity contribution in [3.8, 4) is 22.6 Å². The van der Waals surface area contributed by atoms with E-state index in [-0.39, 0.29) is 28.7 Å². The lowest BCUT2D eigenvalue weighted by molar-refractivity contribution is -0.137. The minimum Gasteiger partial charge on any atom is -0.342 e. The van der Waals surface area contributed by atoms with Gasteiger partial charge in [0.25, 0.3) is 0 Å². The summed E-state index contributed by atoms with van der Waals surface area (Å²) in [6, 6.07) is 13.1. The van der Waals surface area contributed by atoms with Gasteiger partial charge in [-0.3, -0.25) is 4.98 Å². The van der Waals surface area contributed by atoms with Crippen molar-refractivity contribution in [1.29, 1.82) is 0 Å². The third-order valence-electron chi connectivity index (χ3n) is 6.10. The van der Waals surface area contributed by atoms with Crippen molar-refractivity contribution in [3.05, 3.63) is 96.2 Å². The van der Waals surface area contributed by atoms with Crippen molar-refractivity contribution in [2.24, 2.45) is 0 Å². The quantitative estimate of drug-likeness (QED) is 0.229. The lowest BCUT2D eigenvalue weighted by Gasteiger charge is -2.25. The zero-order valence-electron chi connectivity index (χ0n) is 22.1. The molecule has 0 radical (unpaired) electrons. The lowest BCUT2D eigenvalue weighted by Crippen LogP contribution is -2.25. The summed E-state index contributed by atoms with van der Waals surface area (Å²) in [7, 11) is -4.10. The number of nitrogens with one attached hydrogen (secondary N) is 2. The number of halogens is 3. The van der Waals surface area contributed by atoms with Gasteiger partial charge in [-0.25, -0.2) is 27.7 Å². The maximum absolute atomic E-state index is 13.9.